The Hall–Kier alpha value is -2.52. The van der Waals surface area contributed by atoms with Crippen LogP contribution in [0.5, 0.6) is 0 Å². The molecule has 0 unspecified atom stereocenters. The van der Waals surface area contributed by atoms with Crippen LogP contribution in [-0.2, 0) is 11.6 Å². The van der Waals surface area contributed by atoms with Crippen molar-refractivity contribution in [3.8, 4) is 0 Å². The highest BCUT2D eigenvalue weighted by Crippen LogP contribution is 2.30. The molecule has 0 amide bonds. The number of hydrogen-bond acceptors (Lipinski definition) is 6. The van der Waals surface area contributed by atoms with Gasteiger partial charge in [0.1, 0.15) is 23.7 Å². The van der Waals surface area contributed by atoms with Crippen LogP contribution in [0, 0.1) is 12.7 Å². The van der Waals surface area contributed by atoms with Crippen LogP contribution in [0.25, 0.3) is 0 Å². The summed E-state index contributed by atoms with van der Waals surface area (Å²) in [5.74, 6) is 0.518. The van der Waals surface area contributed by atoms with Crippen LogP contribution >= 0.6 is 0 Å². The van der Waals surface area contributed by atoms with Gasteiger partial charge in [-0.05, 0) is 6.92 Å². The molecule has 1 aliphatic rings. The molecule has 1 fully saturated rings. The van der Waals surface area contributed by atoms with E-state index in [1.54, 1.807) is 16.7 Å². The Morgan fingerprint density at radius 1 is 0.929 bits per heavy atom. The molecule has 0 atom stereocenters. The molecule has 28 heavy (non-hydrogen) atoms. The average molecular weight is 398 g/mol. The molecule has 0 spiro atoms. The standard InChI is InChI=1S/C18H22F4N6/c1-11-14(19)15(26-16(25-11)17(2,3)4)28-7-5-27(6-8-28)13-9-12(18(20,21)22)23-10-24-13/h9-10H,5-8H2,1-4H3. The molecule has 1 aliphatic heterocycles. The van der Waals surface area contributed by atoms with Gasteiger partial charge in [-0.2, -0.15) is 13.2 Å². The minimum Gasteiger partial charge on any atom is -0.353 e. The summed E-state index contributed by atoms with van der Waals surface area (Å²) in [4.78, 5) is 19.4. The Morgan fingerprint density at radius 2 is 1.54 bits per heavy atom. The second kappa shape index (κ2) is 7.14. The Labute approximate surface area is 160 Å². The second-order valence-electron chi connectivity index (χ2n) is 7.75. The molecule has 0 saturated carbocycles. The molecule has 2 aromatic rings. The number of alkyl halides is 3. The van der Waals surface area contributed by atoms with Gasteiger partial charge in [-0.3, -0.25) is 0 Å². The predicted octanol–water partition coefficient (Wildman–Crippen LogP) is 3.36. The van der Waals surface area contributed by atoms with E-state index in [-0.39, 0.29) is 22.7 Å². The molecule has 3 heterocycles. The number of piperazine rings is 1. The van der Waals surface area contributed by atoms with Gasteiger partial charge in [0.2, 0.25) is 0 Å². The van der Waals surface area contributed by atoms with Gasteiger partial charge in [-0.25, -0.2) is 24.3 Å². The lowest BCUT2D eigenvalue weighted by molar-refractivity contribution is -0.141. The number of halogens is 4. The Balaban J connectivity index is 1.79. The lowest BCUT2D eigenvalue weighted by Gasteiger charge is -2.36. The van der Waals surface area contributed by atoms with E-state index < -0.39 is 17.7 Å². The number of aromatic nitrogens is 4. The van der Waals surface area contributed by atoms with Crippen LogP contribution in [-0.4, -0.2) is 46.1 Å². The fourth-order valence-electron chi connectivity index (χ4n) is 2.91. The van der Waals surface area contributed by atoms with Crippen LogP contribution < -0.4 is 9.80 Å². The lowest BCUT2D eigenvalue weighted by Crippen LogP contribution is -2.47. The van der Waals surface area contributed by atoms with Crippen LogP contribution in [0.1, 0.15) is 38.0 Å². The predicted molar refractivity (Wildman–Crippen MR) is 96.9 cm³/mol. The lowest BCUT2D eigenvalue weighted by atomic mass is 9.95. The summed E-state index contributed by atoms with van der Waals surface area (Å²) in [6.07, 6.45) is -3.61. The zero-order valence-electron chi connectivity index (χ0n) is 16.2. The summed E-state index contributed by atoms with van der Waals surface area (Å²) in [7, 11) is 0. The zero-order chi connectivity index (χ0) is 20.7. The van der Waals surface area contributed by atoms with Crippen molar-refractivity contribution in [1.29, 1.82) is 0 Å². The Morgan fingerprint density at radius 3 is 2.11 bits per heavy atom. The maximum Gasteiger partial charge on any atom is 0.433 e. The van der Waals surface area contributed by atoms with Crippen LogP contribution in [0.3, 0.4) is 0 Å². The van der Waals surface area contributed by atoms with Gasteiger partial charge in [-0.15, -0.1) is 0 Å². The summed E-state index contributed by atoms with van der Waals surface area (Å²) in [6, 6.07) is 0.933. The van der Waals surface area contributed by atoms with E-state index in [2.05, 4.69) is 19.9 Å². The van der Waals surface area contributed by atoms with Crippen LogP contribution in [0.15, 0.2) is 12.4 Å². The number of hydrogen-bond donors (Lipinski definition) is 0. The van der Waals surface area contributed by atoms with Gasteiger partial charge in [0.25, 0.3) is 0 Å². The molecule has 3 rings (SSSR count). The number of nitrogens with zero attached hydrogens (tertiary/aromatic N) is 6. The molecule has 0 bridgehead atoms. The van der Waals surface area contributed by atoms with E-state index in [0.29, 0.717) is 32.0 Å². The number of rotatable bonds is 2. The van der Waals surface area contributed by atoms with Crippen molar-refractivity contribution in [1.82, 2.24) is 19.9 Å². The summed E-state index contributed by atoms with van der Waals surface area (Å²) in [6.45, 7) is 9.05. The van der Waals surface area contributed by atoms with Crippen molar-refractivity contribution in [3.63, 3.8) is 0 Å². The SMILES string of the molecule is Cc1nc(C(C)(C)C)nc(N2CCN(c3cc(C(F)(F)F)ncn3)CC2)c1F. The highest BCUT2D eigenvalue weighted by atomic mass is 19.4. The Bertz CT molecular complexity index is 854. The molecule has 152 valence electrons. The van der Waals surface area contributed by atoms with Gasteiger partial charge in [0, 0.05) is 37.7 Å². The van der Waals surface area contributed by atoms with Crippen molar-refractivity contribution >= 4 is 11.6 Å². The maximum atomic E-state index is 14.6. The van der Waals surface area contributed by atoms with Gasteiger partial charge in [0.15, 0.2) is 11.6 Å². The number of aryl methyl sites for hydroxylation is 1. The third-order valence-corrected chi connectivity index (χ3v) is 4.52. The molecule has 2 aromatic heterocycles. The van der Waals surface area contributed by atoms with Crippen molar-refractivity contribution in [2.75, 3.05) is 36.0 Å². The number of anilines is 2. The first-order chi connectivity index (χ1) is 13.0. The first-order valence-corrected chi connectivity index (χ1v) is 8.90. The highest BCUT2D eigenvalue weighted by molar-refractivity contribution is 5.47. The molecule has 1 saturated heterocycles. The van der Waals surface area contributed by atoms with E-state index >= 15 is 0 Å². The van der Waals surface area contributed by atoms with E-state index in [1.807, 2.05) is 20.8 Å². The molecular formula is C18H22F4N6. The van der Waals surface area contributed by atoms with Crippen molar-refractivity contribution in [2.24, 2.45) is 0 Å². The summed E-state index contributed by atoms with van der Waals surface area (Å²) in [5, 5.41) is 0. The van der Waals surface area contributed by atoms with Crippen LogP contribution in [0.2, 0.25) is 0 Å². The van der Waals surface area contributed by atoms with Crippen molar-refractivity contribution in [3.05, 3.63) is 35.4 Å². The monoisotopic (exact) mass is 398 g/mol. The topological polar surface area (TPSA) is 58.0 Å². The van der Waals surface area contributed by atoms with E-state index in [9.17, 15) is 17.6 Å². The average Bonchev–Trinajstić information content (AvgIpc) is 2.62. The smallest absolute Gasteiger partial charge is 0.353 e. The fraction of sp³-hybridized carbons (Fsp3) is 0.556. The van der Waals surface area contributed by atoms with Gasteiger partial charge >= 0.3 is 6.18 Å². The van der Waals surface area contributed by atoms with Crippen LogP contribution in [0.4, 0.5) is 29.2 Å². The van der Waals surface area contributed by atoms with Gasteiger partial charge in [-0.1, -0.05) is 20.8 Å². The van der Waals surface area contributed by atoms with E-state index in [4.69, 9.17) is 0 Å². The first kappa shape index (κ1) is 20.2. The van der Waals surface area contributed by atoms with Crippen molar-refractivity contribution < 1.29 is 17.6 Å². The van der Waals surface area contributed by atoms with Gasteiger partial charge < -0.3 is 9.80 Å². The summed E-state index contributed by atoms with van der Waals surface area (Å²) >= 11 is 0. The molecule has 0 aliphatic carbocycles. The zero-order valence-corrected chi connectivity index (χ0v) is 16.2. The molecule has 10 heteroatoms. The quantitative estimate of drug-likeness (QED) is 0.723. The van der Waals surface area contributed by atoms with Gasteiger partial charge in [0.05, 0.1) is 5.69 Å². The minimum absolute atomic E-state index is 0.205. The summed E-state index contributed by atoms with van der Waals surface area (Å²) < 4.78 is 53.2. The van der Waals surface area contributed by atoms with E-state index in [0.717, 1.165) is 12.4 Å². The maximum absolute atomic E-state index is 14.6. The first-order valence-electron chi connectivity index (χ1n) is 8.90. The molecule has 0 aromatic carbocycles. The molecule has 6 nitrogen and oxygen atoms in total. The minimum atomic E-state index is -4.52. The normalized spacial score (nSPS) is 15.9. The third kappa shape index (κ3) is 4.15. The fourth-order valence-corrected chi connectivity index (χ4v) is 2.91. The second-order valence-corrected chi connectivity index (χ2v) is 7.75. The highest BCUT2D eigenvalue weighted by Gasteiger charge is 2.34. The molecule has 0 radical (unpaired) electrons. The summed E-state index contributed by atoms with van der Waals surface area (Å²) in [5.41, 5.74) is -1.03. The third-order valence-electron chi connectivity index (χ3n) is 4.52. The Kier molecular flexibility index (Phi) is 5.16. The molecular weight excluding hydrogens is 376 g/mol. The van der Waals surface area contributed by atoms with E-state index in [1.165, 1.54) is 0 Å². The van der Waals surface area contributed by atoms with Crippen molar-refractivity contribution in [2.45, 2.75) is 39.3 Å². The molecule has 0 N–H and O–H groups in total. The largest absolute Gasteiger partial charge is 0.433 e.